The first-order valence-corrected chi connectivity index (χ1v) is 15.0. The Labute approximate surface area is 278 Å². The lowest BCUT2D eigenvalue weighted by Gasteiger charge is -2.20. The fourth-order valence-corrected chi connectivity index (χ4v) is 4.59. The SMILES string of the molecule is COC(=O)C(=Cc1ccc(C#N)cc1OC[C@@H](CCC(=O)OCc1ccccc1)NC(=O)c1cccc(-c2ccncc2)c1)NC(C)=O. The normalized spacial score (nSPS) is 11.4. The van der Waals surface area contributed by atoms with E-state index in [2.05, 4.69) is 15.6 Å². The van der Waals surface area contributed by atoms with Crippen molar-refractivity contribution in [3.05, 3.63) is 125 Å². The van der Waals surface area contributed by atoms with Crippen LogP contribution in [0.15, 0.2) is 103 Å². The Bertz CT molecular complexity index is 1820. The number of methoxy groups -OCH3 is 1. The van der Waals surface area contributed by atoms with Gasteiger partial charge in [-0.15, -0.1) is 0 Å². The number of nitriles is 1. The second-order valence-corrected chi connectivity index (χ2v) is 10.6. The molecule has 11 heteroatoms. The highest BCUT2D eigenvalue weighted by molar-refractivity contribution is 5.98. The molecule has 4 rings (SSSR count). The van der Waals surface area contributed by atoms with Crippen molar-refractivity contribution in [2.24, 2.45) is 0 Å². The largest absolute Gasteiger partial charge is 0.491 e. The number of hydrogen-bond acceptors (Lipinski definition) is 9. The van der Waals surface area contributed by atoms with Gasteiger partial charge in [0.25, 0.3) is 5.91 Å². The molecule has 0 aliphatic rings. The van der Waals surface area contributed by atoms with E-state index in [1.54, 1.807) is 36.7 Å². The van der Waals surface area contributed by atoms with Gasteiger partial charge in [0.2, 0.25) is 5.91 Å². The molecule has 2 N–H and O–H groups in total. The van der Waals surface area contributed by atoms with Crippen molar-refractivity contribution >= 4 is 29.8 Å². The van der Waals surface area contributed by atoms with Crippen molar-refractivity contribution in [1.82, 2.24) is 15.6 Å². The average molecular weight is 647 g/mol. The third kappa shape index (κ3) is 10.4. The number of ether oxygens (including phenoxy) is 3. The molecular weight excluding hydrogens is 612 g/mol. The van der Waals surface area contributed by atoms with Gasteiger partial charge in [0, 0.05) is 36.9 Å². The lowest BCUT2D eigenvalue weighted by molar-refractivity contribution is -0.145. The van der Waals surface area contributed by atoms with Gasteiger partial charge in [0.15, 0.2) is 0 Å². The van der Waals surface area contributed by atoms with Crippen molar-refractivity contribution in [3.63, 3.8) is 0 Å². The van der Waals surface area contributed by atoms with Crippen molar-refractivity contribution in [2.75, 3.05) is 13.7 Å². The van der Waals surface area contributed by atoms with Gasteiger partial charge in [-0.1, -0.05) is 42.5 Å². The second kappa shape index (κ2) is 17.4. The third-order valence-electron chi connectivity index (χ3n) is 7.01. The molecule has 48 heavy (non-hydrogen) atoms. The van der Waals surface area contributed by atoms with Gasteiger partial charge in [-0.2, -0.15) is 5.26 Å². The monoisotopic (exact) mass is 646 g/mol. The maximum Gasteiger partial charge on any atom is 0.354 e. The number of hydrogen-bond donors (Lipinski definition) is 2. The molecule has 1 aromatic heterocycles. The number of carbonyl (C=O) groups is 4. The summed E-state index contributed by atoms with van der Waals surface area (Å²) < 4.78 is 16.3. The summed E-state index contributed by atoms with van der Waals surface area (Å²) in [5, 5.41) is 14.9. The fourth-order valence-electron chi connectivity index (χ4n) is 4.59. The van der Waals surface area contributed by atoms with Crippen LogP contribution in [0.2, 0.25) is 0 Å². The minimum atomic E-state index is -0.784. The molecule has 3 aromatic carbocycles. The molecule has 0 aliphatic carbocycles. The van der Waals surface area contributed by atoms with Crippen LogP contribution < -0.4 is 15.4 Å². The second-order valence-electron chi connectivity index (χ2n) is 10.6. The molecule has 0 aliphatic heterocycles. The minimum Gasteiger partial charge on any atom is -0.491 e. The van der Waals surface area contributed by atoms with Crippen molar-refractivity contribution in [2.45, 2.75) is 32.4 Å². The van der Waals surface area contributed by atoms with E-state index in [0.29, 0.717) is 11.1 Å². The maximum atomic E-state index is 13.5. The number of amides is 2. The molecule has 244 valence electrons. The first kappa shape index (κ1) is 34.6. The van der Waals surface area contributed by atoms with E-state index in [1.807, 2.05) is 54.6 Å². The van der Waals surface area contributed by atoms with Crippen molar-refractivity contribution in [1.29, 1.82) is 5.26 Å². The van der Waals surface area contributed by atoms with Crippen LogP contribution in [-0.2, 0) is 30.5 Å². The number of esters is 2. The third-order valence-corrected chi connectivity index (χ3v) is 7.01. The molecule has 1 heterocycles. The Hall–Kier alpha value is -6.28. The van der Waals surface area contributed by atoms with Crippen LogP contribution in [0.5, 0.6) is 5.75 Å². The molecule has 1 atom stereocenters. The quantitative estimate of drug-likeness (QED) is 0.143. The van der Waals surface area contributed by atoms with Gasteiger partial charge in [0.05, 0.1) is 24.8 Å². The Kier molecular flexibility index (Phi) is 12.6. The van der Waals surface area contributed by atoms with Gasteiger partial charge >= 0.3 is 11.9 Å². The summed E-state index contributed by atoms with van der Waals surface area (Å²) in [6.45, 7) is 1.26. The molecular formula is C37H34N4O7. The van der Waals surface area contributed by atoms with Crippen LogP contribution in [0.4, 0.5) is 0 Å². The van der Waals surface area contributed by atoms with E-state index >= 15 is 0 Å². The molecule has 0 bridgehead atoms. The van der Waals surface area contributed by atoms with Crippen LogP contribution in [-0.4, -0.2) is 48.5 Å². The molecule has 2 amide bonds. The summed E-state index contributed by atoms with van der Waals surface area (Å²) in [6.07, 6.45) is 4.86. The van der Waals surface area contributed by atoms with Gasteiger partial charge < -0.3 is 24.8 Å². The van der Waals surface area contributed by atoms with Gasteiger partial charge in [-0.05, 0) is 71.7 Å². The van der Waals surface area contributed by atoms with E-state index < -0.39 is 23.9 Å². The minimum absolute atomic E-state index is 0.0157. The summed E-state index contributed by atoms with van der Waals surface area (Å²) in [6, 6.07) is 26.0. The highest BCUT2D eigenvalue weighted by atomic mass is 16.5. The number of aromatic nitrogens is 1. The number of carbonyl (C=O) groups excluding carboxylic acids is 4. The smallest absolute Gasteiger partial charge is 0.354 e. The molecule has 0 radical (unpaired) electrons. The molecule has 4 aromatic rings. The van der Waals surface area contributed by atoms with E-state index in [4.69, 9.17) is 14.2 Å². The van der Waals surface area contributed by atoms with E-state index in [1.165, 1.54) is 32.2 Å². The number of rotatable bonds is 14. The molecule has 0 unspecified atom stereocenters. The molecule has 0 fully saturated rings. The summed E-state index contributed by atoms with van der Waals surface area (Å²) in [7, 11) is 1.18. The van der Waals surface area contributed by atoms with Crippen LogP contribution >= 0.6 is 0 Å². The number of pyridine rings is 1. The first-order valence-electron chi connectivity index (χ1n) is 15.0. The van der Waals surface area contributed by atoms with Gasteiger partial charge in [-0.3, -0.25) is 19.4 Å². The molecule has 11 nitrogen and oxygen atoms in total. The zero-order valence-electron chi connectivity index (χ0n) is 26.5. The maximum absolute atomic E-state index is 13.5. The van der Waals surface area contributed by atoms with Crippen LogP contribution in [0.3, 0.4) is 0 Å². The fraction of sp³-hybridized carbons (Fsp3) is 0.189. The zero-order chi connectivity index (χ0) is 34.3. The standard InChI is InChI=1S/C37H34N4O7/c1-25(42)40-33(37(45)46-2)21-30-12-11-27(22-38)19-34(30)47-24-32(13-14-35(43)48-23-26-7-4-3-5-8-26)41-36(44)31-10-6-9-29(20-31)28-15-17-39-18-16-28/h3-12,15-21,32H,13-14,23-24H2,1-2H3,(H,40,42)(H,41,44)/t32-/m1/s1. The summed E-state index contributed by atoms with van der Waals surface area (Å²) >= 11 is 0. The Balaban J connectivity index is 1.55. The summed E-state index contributed by atoms with van der Waals surface area (Å²) in [4.78, 5) is 54.3. The van der Waals surface area contributed by atoms with Crippen LogP contribution in [0.1, 0.15) is 46.8 Å². The molecule has 0 saturated heterocycles. The first-order chi connectivity index (χ1) is 23.2. The summed E-state index contributed by atoms with van der Waals surface area (Å²) in [5.74, 6) is -1.91. The van der Waals surface area contributed by atoms with Crippen LogP contribution in [0, 0.1) is 11.3 Å². The predicted molar refractivity (Wildman–Crippen MR) is 177 cm³/mol. The van der Waals surface area contributed by atoms with E-state index in [9.17, 15) is 24.4 Å². The van der Waals surface area contributed by atoms with E-state index in [0.717, 1.165) is 16.7 Å². The van der Waals surface area contributed by atoms with Gasteiger partial charge in [-0.25, -0.2) is 4.79 Å². The Morgan fingerprint density at radius 2 is 1.71 bits per heavy atom. The number of nitrogens with zero attached hydrogens (tertiary/aromatic N) is 2. The highest BCUT2D eigenvalue weighted by Gasteiger charge is 2.19. The lowest BCUT2D eigenvalue weighted by atomic mass is 10.0. The average Bonchev–Trinajstić information content (AvgIpc) is 3.12. The number of nitrogens with one attached hydrogen (secondary N) is 2. The Morgan fingerprint density at radius 1 is 0.938 bits per heavy atom. The zero-order valence-corrected chi connectivity index (χ0v) is 26.5. The topological polar surface area (TPSA) is 157 Å². The van der Waals surface area contributed by atoms with Gasteiger partial charge in [0.1, 0.15) is 24.7 Å². The van der Waals surface area contributed by atoms with Crippen molar-refractivity contribution < 1.29 is 33.4 Å². The summed E-state index contributed by atoms with van der Waals surface area (Å²) in [5.41, 5.74) is 3.46. The molecule has 0 saturated carbocycles. The van der Waals surface area contributed by atoms with Crippen molar-refractivity contribution in [3.8, 4) is 22.9 Å². The Morgan fingerprint density at radius 3 is 2.42 bits per heavy atom. The predicted octanol–water partition coefficient (Wildman–Crippen LogP) is 4.97. The lowest BCUT2D eigenvalue weighted by Crippen LogP contribution is -2.39. The van der Waals surface area contributed by atoms with E-state index in [-0.39, 0.29) is 49.0 Å². The highest BCUT2D eigenvalue weighted by Crippen LogP contribution is 2.24. The molecule has 0 spiro atoms. The number of benzene rings is 3. The van der Waals surface area contributed by atoms with Crippen LogP contribution in [0.25, 0.3) is 17.2 Å².